The first-order valence-electron chi connectivity index (χ1n) is 9.77. The van der Waals surface area contributed by atoms with Crippen LogP contribution in [0.2, 0.25) is 21.3 Å². The van der Waals surface area contributed by atoms with Crippen LogP contribution in [-0.4, -0.2) is 80.3 Å². The number of rotatable bonds is 5. The van der Waals surface area contributed by atoms with Gasteiger partial charge in [-0.3, -0.25) is 0 Å². The monoisotopic (exact) mass is 589 g/mol. The molecule has 0 saturated carbocycles. The molecule has 2 saturated heterocycles. The molecule has 10 heteroatoms. The van der Waals surface area contributed by atoms with E-state index in [0.29, 0.717) is 17.6 Å². The average Bonchev–Trinajstić information content (AvgIpc) is 3.35. The Morgan fingerprint density at radius 3 is 2.62 bits per heavy atom. The van der Waals surface area contributed by atoms with Gasteiger partial charge in [0.05, 0.1) is 0 Å². The van der Waals surface area contributed by atoms with Crippen molar-refractivity contribution in [1.82, 2.24) is 19.9 Å². The number of benzene rings is 1. The number of hydrogen-bond acceptors (Lipinski definition) is 6. The standard InChI is InChI=1S/C19H23N7Se3/c1-3-15(26-6-9-28-29-10-7-26)4-2-13(1)23-19-24-17-16(20-12-21-17)18(25-19)22-14-5-8-27-11-14/h1-4,12,14H,5-11H2,(H3,20,21,22,23,24,25). The van der Waals surface area contributed by atoms with Crippen LogP contribution < -0.4 is 15.5 Å². The number of nitrogens with zero attached hydrogens (tertiary/aromatic N) is 4. The van der Waals surface area contributed by atoms with Crippen molar-refractivity contribution in [3.05, 3.63) is 30.6 Å². The fourth-order valence-electron chi connectivity index (χ4n) is 3.50. The number of aromatic amines is 1. The van der Waals surface area contributed by atoms with Gasteiger partial charge in [-0.1, -0.05) is 0 Å². The van der Waals surface area contributed by atoms with Gasteiger partial charge < -0.3 is 0 Å². The fourth-order valence-corrected chi connectivity index (χ4v) is 11.8. The zero-order valence-corrected chi connectivity index (χ0v) is 21.1. The summed E-state index contributed by atoms with van der Waals surface area (Å²) in [5.74, 6) is 1.44. The summed E-state index contributed by atoms with van der Waals surface area (Å²) in [5, 5.41) is 12.3. The zero-order chi connectivity index (χ0) is 19.5. The third-order valence-corrected chi connectivity index (χ3v) is 14.7. The molecule has 0 radical (unpaired) electrons. The third-order valence-electron chi connectivity index (χ3n) is 5.02. The van der Waals surface area contributed by atoms with Crippen LogP contribution in [0.5, 0.6) is 0 Å². The molecule has 152 valence electrons. The first-order chi connectivity index (χ1) is 14.3. The first-order valence-corrected chi connectivity index (χ1v) is 18.9. The van der Waals surface area contributed by atoms with Crippen LogP contribution in [0.25, 0.3) is 11.2 Å². The van der Waals surface area contributed by atoms with Crippen molar-refractivity contribution in [2.24, 2.45) is 0 Å². The Balaban J connectivity index is 1.34. The van der Waals surface area contributed by atoms with E-state index in [0.717, 1.165) is 58.2 Å². The van der Waals surface area contributed by atoms with Crippen molar-refractivity contribution in [2.75, 3.05) is 28.6 Å². The van der Waals surface area contributed by atoms with Crippen molar-refractivity contribution < 1.29 is 0 Å². The molecule has 1 atom stereocenters. The van der Waals surface area contributed by atoms with Gasteiger partial charge >= 0.3 is 188 Å². The van der Waals surface area contributed by atoms with Crippen LogP contribution in [0.4, 0.5) is 23.1 Å². The number of nitrogens with one attached hydrogen (secondary N) is 3. The summed E-state index contributed by atoms with van der Waals surface area (Å²) in [4.78, 5) is 19.4. The van der Waals surface area contributed by atoms with Crippen LogP contribution in [-0.2, 0) is 0 Å². The maximum atomic E-state index is 4.75. The zero-order valence-electron chi connectivity index (χ0n) is 15.9. The normalized spacial score (nSPS) is 20.0. The number of H-pyrrole nitrogens is 1. The van der Waals surface area contributed by atoms with E-state index < -0.39 is 0 Å². The third kappa shape index (κ3) is 4.74. The molecule has 3 aromatic rings. The van der Waals surface area contributed by atoms with Crippen molar-refractivity contribution in [3.63, 3.8) is 0 Å². The minimum absolute atomic E-state index is 0.514. The molecule has 0 spiro atoms. The Morgan fingerprint density at radius 1 is 1.03 bits per heavy atom. The molecule has 1 unspecified atom stereocenters. The Hall–Kier alpha value is -1.27. The molecule has 2 fully saturated rings. The molecule has 2 aromatic heterocycles. The summed E-state index contributed by atoms with van der Waals surface area (Å²) in [7, 11) is 0. The maximum absolute atomic E-state index is 4.75. The Bertz CT molecular complexity index is 948. The summed E-state index contributed by atoms with van der Waals surface area (Å²) < 4.78 is 0. The summed E-state index contributed by atoms with van der Waals surface area (Å²) in [6.07, 6.45) is 2.91. The van der Waals surface area contributed by atoms with Gasteiger partial charge in [-0.25, -0.2) is 0 Å². The minimum atomic E-state index is 0.514. The number of fused-ring (bicyclic) bond motifs is 1. The first kappa shape index (κ1) is 19.7. The second-order valence-electron chi connectivity index (χ2n) is 7.00. The summed E-state index contributed by atoms with van der Waals surface area (Å²) >= 11 is 2.53. The molecule has 2 aliphatic heterocycles. The molecule has 0 amide bonds. The second-order valence-corrected chi connectivity index (χ2v) is 17.3. The van der Waals surface area contributed by atoms with E-state index >= 15 is 0 Å². The van der Waals surface area contributed by atoms with Crippen molar-refractivity contribution >= 4 is 75.5 Å². The van der Waals surface area contributed by atoms with Crippen LogP contribution in [0.1, 0.15) is 6.42 Å². The van der Waals surface area contributed by atoms with E-state index in [9.17, 15) is 0 Å². The van der Waals surface area contributed by atoms with Gasteiger partial charge in [0, 0.05) is 0 Å². The van der Waals surface area contributed by atoms with Gasteiger partial charge in [0.1, 0.15) is 0 Å². The topological polar surface area (TPSA) is 81.8 Å². The van der Waals surface area contributed by atoms with E-state index in [2.05, 4.69) is 54.8 Å². The van der Waals surface area contributed by atoms with Gasteiger partial charge in [0.15, 0.2) is 0 Å². The molecule has 3 N–H and O–H groups in total. The van der Waals surface area contributed by atoms with Crippen LogP contribution >= 0.6 is 0 Å². The van der Waals surface area contributed by atoms with Crippen LogP contribution in [0.3, 0.4) is 0 Å². The van der Waals surface area contributed by atoms with Gasteiger partial charge in [-0.2, -0.15) is 0 Å². The molecule has 7 nitrogen and oxygen atoms in total. The molecule has 0 aliphatic carbocycles. The Kier molecular flexibility index (Phi) is 6.28. The molecule has 1 aromatic carbocycles. The van der Waals surface area contributed by atoms with Gasteiger partial charge in [-0.05, 0) is 0 Å². The number of anilines is 4. The predicted octanol–water partition coefficient (Wildman–Crippen LogP) is 2.80. The summed E-state index contributed by atoms with van der Waals surface area (Å²) in [6.45, 7) is 2.40. The van der Waals surface area contributed by atoms with Gasteiger partial charge in [-0.15, -0.1) is 0 Å². The summed E-state index contributed by atoms with van der Waals surface area (Å²) in [5.41, 5.74) is 3.90. The van der Waals surface area contributed by atoms with E-state index in [1.807, 2.05) is 0 Å². The molecular weight excluding hydrogens is 563 g/mol. The van der Waals surface area contributed by atoms with Crippen molar-refractivity contribution in [3.8, 4) is 0 Å². The van der Waals surface area contributed by atoms with E-state index in [1.165, 1.54) is 46.5 Å². The number of hydrogen-bond donors (Lipinski definition) is 3. The quantitative estimate of drug-likeness (QED) is 0.400. The second kappa shape index (κ2) is 9.25. The Labute approximate surface area is 187 Å². The molecular formula is C19H23N7Se3. The fraction of sp³-hybridized carbons (Fsp3) is 0.421. The SMILES string of the molecule is c1nc2nc(Nc3ccc(N4CC[Se][Se]CC4)cc3)nc(NC3CC[Se]C3)c2[nH]1. The van der Waals surface area contributed by atoms with E-state index in [1.54, 1.807) is 6.33 Å². The predicted molar refractivity (Wildman–Crippen MR) is 122 cm³/mol. The number of aromatic nitrogens is 4. The van der Waals surface area contributed by atoms with Gasteiger partial charge in [0.25, 0.3) is 0 Å². The van der Waals surface area contributed by atoms with Crippen molar-refractivity contribution in [2.45, 2.75) is 33.7 Å². The van der Waals surface area contributed by atoms with Gasteiger partial charge in [0.2, 0.25) is 0 Å². The average molecular weight is 586 g/mol. The molecule has 5 rings (SSSR count). The molecule has 29 heavy (non-hydrogen) atoms. The van der Waals surface area contributed by atoms with Crippen molar-refractivity contribution in [1.29, 1.82) is 0 Å². The Morgan fingerprint density at radius 2 is 1.86 bits per heavy atom. The summed E-state index contributed by atoms with van der Waals surface area (Å²) in [6, 6.07) is 9.18. The molecule has 2 aliphatic rings. The van der Waals surface area contributed by atoms with E-state index in [4.69, 9.17) is 4.98 Å². The van der Waals surface area contributed by atoms with Crippen LogP contribution in [0, 0.1) is 0 Å². The van der Waals surface area contributed by atoms with E-state index in [-0.39, 0.29) is 0 Å². The molecule has 0 bridgehead atoms. The number of imidazole rings is 1. The molecule has 4 heterocycles. The van der Waals surface area contributed by atoms with Crippen LogP contribution in [0.15, 0.2) is 30.6 Å².